The predicted molar refractivity (Wildman–Crippen MR) is 56.1 cm³/mol. The molecule has 0 heterocycles. The minimum Gasteiger partial charge on any atom is -0.462 e. The van der Waals surface area contributed by atoms with Crippen molar-refractivity contribution < 1.29 is 19.1 Å². The predicted octanol–water partition coefficient (Wildman–Crippen LogP) is 1.12. The van der Waals surface area contributed by atoms with Gasteiger partial charge in [-0.15, -0.1) is 0 Å². The summed E-state index contributed by atoms with van der Waals surface area (Å²) in [4.78, 5) is 22.3. The molecule has 16 heavy (non-hydrogen) atoms. The maximum atomic E-state index is 11.2. The first-order valence-electron chi connectivity index (χ1n) is 4.71. The Kier molecular flexibility index (Phi) is 6.29. The van der Waals surface area contributed by atoms with Crippen LogP contribution in [0, 0.1) is 11.3 Å². The molecular formula is C11H13NO4. The molecule has 0 rings (SSSR count). The van der Waals surface area contributed by atoms with E-state index in [1.165, 1.54) is 0 Å². The van der Waals surface area contributed by atoms with Crippen molar-refractivity contribution >= 4 is 11.9 Å². The van der Waals surface area contributed by atoms with Gasteiger partial charge in [0.1, 0.15) is 11.6 Å². The number of ether oxygens (including phenoxy) is 2. The number of hydrogen-bond acceptors (Lipinski definition) is 5. The second kappa shape index (κ2) is 7.23. The average Bonchev–Trinajstić information content (AvgIpc) is 2.26. The Hall–Kier alpha value is -2.09. The summed E-state index contributed by atoms with van der Waals surface area (Å²) >= 11 is 0. The molecule has 0 saturated carbocycles. The van der Waals surface area contributed by atoms with Gasteiger partial charge < -0.3 is 9.47 Å². The molecule has 5 nitrogen and oxygen atoms in total. The Morgan fingerprint density at radius 2 is 1.75 bits per heavy atom. The molecule has 0 saturated heterocycles. The molecule has 0 aliphatic carbocycles. The highest BCUT2D eigenvalue weighted by molar-refractivity contribution is 5.98. The summed E-state index contributed by atoms with van der Waals surface area (Å²) in [6, 6.07) is 1.63. The van der Waals surface area contributed by atoms with Gasteiger partial charge in [-0.2, -0.15) is 5.26 Å². The first-order chi connectivity index (χ1) is 7.56. The molecule has 86 valence electrons. The lowest BCUT2D eigenvalue weighted by Gasteiger charge is -2.02. The molecule has 5 heteroatoms. The van der Waals surface area contributed by atoms with Gasteiger partial charge in [0.2, 0.25) is 0 Å². The lowest BCUT2D eigenvalue weighted by molar-refractivity contribution is -0.138. The van der Waals surface area contributed by atoms with E-state index < -0.39 is 11.9 Å². The summed E-state index contributed by atoms with van der Waals surface area (Å²) in [7, 11) is 0. The number of carbonyl (C=O) groups excluding carboxylic acids is 2. The second-order valence-electron chi connectivity index (χ2n) is 2.64. The average molecular weight is 223 g/mol. The number of rotatable bonds is 5. The lowest BCUT2D eigenvalue weighted by atomic mass is 10.2. The van der Waals surface area contributed by atoms with Gasteiger partial charge in [0.25, 0.3) is 0 Å². The number of esters is 2. The van der Waals surface area contributed by atoms with Crippen molar-refractivity contribution in [2.75, 3.05) is 13.2 Å². The molecule has 0 aromatic heterocycles. The van der Waals surface area contributed by atoms with E-state index >= 15 is 0 Å². The third-order valence-electron chi connectivity index (χ3n) is 1.47. The first-order valence-corrected chi connectivity index (χ1v) is 4.71. The summed E-state index contributed by atoms with van der Waals surface area (Å²) < 4.78 is 9.26. The highest BCUT2D eigenvalue weighted by atomic mass is 16.5. The van der Waals surface area contributed by atoms with Crippen molar-refractivity contribution in [3.05, 3.63) is 23.8 Å². The number of carbonyl (C=O) groups is 2. The van der Waals surface area contributed by atoms with Crippen molar-refractivity contribution in [2.24, 2.45) is 0 Å². The van der Waals surface area contributed by atoms with Crippen LogP contribution in [-0.2, 0) is 19.1 Å². The van der Waals surface area contributed by atoms with Crippen LogP contribution in [0.1, 0.15) is 13.8 Å². The highest BCUT2D eigenvalue weighted by Crippen LogP contribution is 2.04. The molecule has 0 amide bonds. The summed E-state index contributed by atoms with van der Waals surface area (Å²) in [5, 5.41) is 8.67. The highest BCUT2D eigenvalue weighted by Gasteiger charge is 2.13. The maximum Gasteiger partial charge on any atom is 0.348 e. The normalized spacial score (nSPS) is 10.2. The summed E-state index contributed by atoms with van der Waals surface area (Å²) in [6.45, 7) is 7.01. The Labute approximate surface area is 94.0 Å². The van der Waals surface area contributed by atoms with Gasteiger partial charge in [-0.3, -0.25) is 0 Å². The van der Waals surface area contributed by atoms with E-state index in [-0.39, 0.29) is 24.4 Å². The molecule has 0 spiro atoms. The summed E-state index contributed by atoms with van der Waals surface area (Å²) in [5.41, 5.74) is -0.341. The van der Waals surface area contributed by atoms with Crippen molar-refractivity contribution in [3.63, 3.8) is 0 Å². The fourth-order valence-electron chi connectivity index (χ4n) is 0.803. The van der Waals surface area contributed by atoms with Crippen LogP contribution >= 0.6 is 0 Å². The van der Waals surface area contributed by atoms with Gasteiger partial charge in [-0.1, -0.05) is 6.58 Å². The smallest absolute Gasteiger partial charge is 0.348 e. The Morgan fingerprint density at radius 1 is 1.25 bits per heavy atom. The van der Waals surface area contributed by atoms with E-state index in [0.29, 0.717) is 0 Å². The zero-order chi connectivity index (χ0) is 12.6. The zero-order valence-electron chi connectivity index (χ0n) is 9.28. The molecule has 0 bridgehead atoms. The Bertz CT molecular complexity index is 363. The van der Waals surface area contributed by atoms with Crippen LogP contribution in [0.3, 0.4) is 0 Å². The third kappa shape index (κ3) is 4.42. The standard InChI is InChI=1S/C11H13NO4/c1-4-15-10(13)8(3)6-9(7-12)11(14)16-5-2/h6H,3-5H2,1-2H3/b9-6+. The molecule has 0 N–H and O–H groups in total. The molecule has 0 aromatic carbocycles. The number of nitriles is 1. The van der Waals surface area contributed by atoms with Crippen LogP contribution < -0.4 is 0 Å². The van der Waals surface area contributed by atoms with Gasteiger partial charge in [0.15, 0.2) is 0 Å². The monoisotopic (exact) mass is 223 g/mol. The molecular weight excluding hydrogens is 210 g/mol. The van der Waals surface area contributed by atoms with E-state index in [9.17, 15) is 9.59 Å². The van der Waals surface area contributed by atoms with Crippen LogP contribution in [0.15, 0.2) is 23.8 Å². The number of hydrogen-bond donors (Lipinski definition) is 0. The fraction of sp³-hybridized carbons (Fsp3) is 0.364. The zero-order valence-corrected chi connectivity index (χ0v) is 9.28. The van der Waals surface area contributed by atoms with Gasteiger partial charge in [0, 0.05) is 0 Å². The molecule has 0 aliphatic rings. The van der Waals surface area contributed by atoms with E-state index in [1.807, 2.05) is 0 Å². The lowest BCUT2D eigenvalue weighted by Crippen LogP contribution is -2.09. The van der Waals surface area contributed by atoms with Crippen LogP contribution in [0.5, 0.6) is 0 Å². The summed E-state index contributed by atoms with van der Waals surface area (Å²) in [5.74, 6) is -1.45. The van der Waals surface area contributed by atoms with Crippen LogP contribution in [-0.4, -0.2) is 25.2 Å². The van der Waals surface area contributed by atoms with Crippen molar-refractivity contribution in [1.29, 1.82) is 5.26 Å². The molecule has 0 atom stereocenters. The largest absolute Gasteiger partial charge is 0.462 e. The topological polar surface area (TPSA) is 76.4 Å². The van der Waals surface area contributed by atoms with Crippen molar-refractivity contribution in [2.45, 2.75) is 13.8 Å². The first kappa shape index (κ1) is 13.9. The quantitative estimate of drug-likeness (QED) is 0.302. The number of nitrogens with zero attached hydrogens (tertiary/aromatic N) is 1. The van der Waals surface area contributed by atoms with Crippen molar-refractivity contribution in [1.82, 2.24) is 0 Å². The van der Waals surface area contributed by atoms with Crippen molar-refractivity contribution in [3.8, 4) is 6.07 Å². The van der Waals surface area contributed by atoms with Crippen LogP contribution in [0.25, 0.3) is 0 Å². The maximum absolute atomic E-state index is 11.2. The van der Waals surface area contributed by atoms with Crippen LogP contribution in [0.4, 0.5) is 0 Å². The van der Waals surface area contributed by atoms with E-state index in [2.05, 4.69) is 16.1 Å². The van der Waals surface area contributed by atoms with Gasteiger partial charge >= 0.3 is 11.9 Å². The van der Waals surface area contributed by atoms with Gasteiger partial charge in [0.05, 0.1) is 18.8 Å². The van der Waals surface area contributed by atoms with E-state index in [4.69, 9.17) is 5.26 Å². The second-order valence-corrected chi connectivity index (χ2v) is 2.64. The van der Waals surface area contributed by atoms with E-state index in [1.54, 1.807) is 19.9 Å². The van der Waals surface area contributed by atoms with Gasteiger partial charge in [-0.05, 0) is 19.9 Å². The molecule has 0 radical (unpaired) electrons. The minimum absolute atomic E-state index is 0.0635. The minimum atomic E-state index is -0.782. The van der Waals surface area contributed by atoms with E-state index in [0.717, 1.165) is 6.08 Å². The Morgan fingerprint density at radius 3 is 2.19 bits per heavy atom. The molecule has 0 unspecified atom stereocenters. The third-order valence-corrected chi connectivity index (χ3v) is 1.47. The Balaban J connectivity index is 4.72. The summed E-state index contributed by atoms with van der Waals surface area (Å²) in [6.07, 6.45) is 1.05. The molecule has 0 aromatic rings. The van der Waals surface area contributed by atoms with Crippen LogP contribution in [0.2, 0.25) is 0 Å². The van der Waals surface area contributed by atoms with Gasteiger partial charge in [-0.25, -0.2) is 9.59 Å². The molecule has 0 aliphatic heterocycles. The molecule has 0 fully saturated rings. The SMILES string of the molecule is C=C(/C=C(\C#N)C(=O)OCC)C(=O)OCC. The fourth-order valence-corrected chi connectivity index (χ4v) is 0.803.